The van der Waals surface area contributed by atoms with Gasteiger partial charge in [-0.05, 0) is 54.7 Å². The lowest BCUT2D eigenvalue weighted by molar-refractivity contribution is 0.156. The highest BCUT2D eigenvalue weighted by Crippen LogP contribution is 2.22. The summed E-state index contributed by atoms with van der Waals surface area (Å²) >= 11 is 0. The molecule has 0 saturated heterocycles. The van der Waals surface area contributed by atoms with Crippen molar-refractivity contribution in [2.75, 3.05) is 17.6 Å². The molecule has 6 N–H and O–H groups in total. The van der Waals surface area contributed by atoms with Crippen molar-refractivity contribution >= 4 is 11.4 Å². The maximum absolute atomic E-state index is 10.5. The third kappa shape index (κ3) is 5.59. The number of aryl methyl sites for hydroxylation is 1. The quantitative estimate of drug-likeness (QED) is 0.454. The summed E-state index contributed by atoms with van der Waals surface area (Å²) in [4.78, 5) is 0. The fourth-order valence-corrected chi connectivity index (χ4v) is 3.28. The molecule has 0 radical (unpaired) electrons. The highest BCUT2D eigenvalue weighted by atomic mass is 16.3. The van der Waals surface area contributed by atoms with Crippen molar-refractivity contribution < 1.29 is 5.11 Å². The van der Waals surface area contributed by atoms with Crippen LogP contribution in [0.15, 0.2) is 72.8 Å². The molecule has 3 aromatic rings. The molecule has 0 aliphatic rings. The van der Waals surface area contributed by atoms with Crippen LogP contribution in [0.4, 0.5) is 11.4 Å². The maximum atomic E-state index is 10.5. The molecule has 4 nitrogen and oxygen atoms in total. The van der Waals surface area contributed by atoms with E-state index < -0.39 is 6.10 Å². The second-order valence-electron chi connectivity index (χ2n) is 7.38. The van der Waals surface area contributed by atoms with Gasteiger partial charge in [-0.2, -0.15) is 0 Å². The summed E-state index contributed by atoms with van der Waals surface area (Å²) in [5.41, 5.74) is 18.5. The predicted molar refractivity (Wildman–Crippen MR) is 117 cm³/mol. The summed E-state index contributed by atoms with van der Waals surface area (Å²) in [6.45, 7) is 2.49. The van der Waals surface area contributed by atoms with Crippen LogP contribution in [-0.2, 0) is 12.8 Å². The largest absolute Gasteiger partial charge is 0.399 e. The Morgan fingerprint density at radius 3 is 2.36 bits per heavy atom. The lowest BCUT2D eigenvalue weighted by Crippen LogP contribution is -2.41. The molecule has 146 valence electrons. The average Bonchev–Trinajstić information content (AvgIpc) is 2.69. The average molecular weight is 376 g/mol. The minimum absolute atomic E-state index is 0.319. The first-order valence-corrected chi connectivity index (χ1v) is 9.66. The molecule has 0 aliphatic carbocycles. The Kier molecular flexibility index (Phi) is 6.69. The molecule has 2 atom stereocenters. The smallest absolute Gasteiger partial charge is 0.0866 e. The summed E-state index contributed by atoms with van der Waals surface area (Å²) in [5, 5.41) is 13.9. The van der Waals surface area contributed by atoms with Crippen LogP contribution in [0.1, 0.15) is 22.3 Å². The molecule has 0 unspecified atom stereocenters. The molecule has 0 aliphatic heterocycles. The second kappa shape index (κ2) is 9.40. The van der Waals surface area contributed by atoms with Gasteiger partial charge in [-0.1, -0.05) is 60.2 Å². The number of nitrogens with two attached hydrogens (primary N) is 2. The Morgan fingerprint density at radius 2 is 1.64 bits per heavy atom. The second-order valence-corrected chi connectivity index (χ2v) is 7.38. The predicted octanol–water partition coefficient (Wildman–Crippen LogP) is 3.51. The minimum Gasteiger partial charge on any atom is -0.399 e. The summed E-state index contributed by atoms with van der Waals surface area (Å²) in [7, 11) is 0. The molecule has 4 heteroatoms. The fourth-order valence-electron chi connectivity index (χ4n) is 3.28. The highest BCUT2D eigenvalue weighted by molar-refractivity contribution is 5.55. The van der Waals surface area contributed by atoms with E-state index in [-0.39, 0.29) is 6.04 Å². The van der Waals surface area contributed by atoms with E-state index in [1.807, 2.05) is 54.6 Å². The highest BCUT2D eigenvalue weighted by Gasteiger charge is 2.16. The van der Waals surface area contributed by atoms with Crippen LogP contribution in [-0.4, -0.2) is 23.8 Å². The van der Waals surface area contributed by atoms with E-state index in [1.165, 1.54) is 16.7 Å². The van der Waals surface area contributed by atoms with Gasteiger partial charge in [0.1, 0.15) is 0 Å². The number of aliphatic hydroxyl groups excluding tert-OH is 1. The van der Waals surface area contributed by atoms with Crippen LogP contribution in [0, 0.1) is 6.92 Å². The van der Waals surface area contributed by atoms with Crippen LogP contribution >= 0.6 is 0 Å². The number of nitrogen functional groups attached to an aromatic ring is 1. The van der Waals surface area contributed by atoms with E-state index in [4.69, 9.17) is 11.5 Å². The van der Waals surface area contributed by atoms with Crippen molar-refractivity contribution in [1.82, 2.24) is 0 Å². The number of nitrogens with one attached hydrogen (secondary N) is 1. The van der Waals surface area contributed by atoms with Gasteiger partial charge < -0.3 is 21.9 Å². The molecule has 0 heterocycles. The number of benzene rings is 3. The molecule has 3 aromatic carbocycles. The van der Waals surface area contributed by atoms with Crippen LogP contribution in [0.5, 0.6) is 0 Å². The van der Waals surface area contributed by atoms with E-state index in [0.29, 0.717) is 13.0 Å². The minimum atomic E-state index is -0.633. The topological polar surface area (TPSA) is 84.3 Å². The van der Waals surface area contributed by atoms with Crippen molar-refractivity contribution in [3.8, 4) is 0 Å². The molecule has 28 heavy (non-hydrogen) atoms. The Balaban J connectivity index is 1.64. The summed E-state index contributed by atoms with van der Waals surface area (Å²) in [5.74, 6) is 0. The molecule has 0 fully saturated rings. The monoisotopic (exact) mass is 375 g/mol. The van der Waals surface area contributed by atoms with Gasteiger partial charge in [0, 0.05) is 24.0 Å². The third-order valence-corrected chi connectivity index (χ3v) is 4.95. The van der Waals surface area contributed by atoms with Crippen molar-refractivity contribution in [2.45, 2.75) is 31.9 Å². The first-order chi connectivity index (χ1) is 13.5. The summed E-state index contributed by atoms with van der Waals surface area (Å²) < 4.78 is 0. The van der Waals surface area contributed by atoms with E-state index in [2.05, 4.69) is 30.4 Å². The lowest BCUT2D eigenvalue weighted by Gasteiger charge is -2.21. The van der Waals surface area contributed by atoms with Crippen LogP contribution < -0.4 is 16.8 Å². The van der Waals surface area contributed by atoms with Crippen molar-refractivity contribution in [1.29, 1.82) is 0 Å². The molecule has 0 spiro atoms. The van der Waals surface area contributed by atoms with Crippen LogP contribution in [0.2, 0.25) is 0 Å². The number of anilines is 2. The zero-order valence-corrected chi connectivity index (χ0v) is 16.3. The Morgan fingerprint density at radius 1 is 0.929 bits per heavy atom. The van der Waals surface area contributed by atoms with Crippen molar-refractivity contribution in [3.05, 3.63) is 95.1 Å². The molecule has 0 aromatic heterocycles. The first kappa shape index (κ1) is 19.9. The fraction of sp³-hybridized carbons (Fsp3) is 0.250. The van der Waals surface area contributed by atoms with Gasteiger partial charge in [-0.25, -0.2) is 0 Å². The lowest BCUT2D eigenvalue weighted by atomic mass is 10.00. The van der Waals surface area contributed by atoms with Gasteiger partial charge >= 0.3 is 0 Å². The number of hydrogen-bond acceptors (Lipinski definition) is 4. The molecule has 0 saturated carbocycles. The van der Waals surface area contributed by atoms with Crippen LogP contribution in [0.25, 0.3) is 0 Å². The number of rotatable bonds is 8. The van der Waals surface area contributed by atoms with Gasteiger partial charge in [-0.3, -0.25) is 0 Å². The van der Waals surface area contributed by atoms with E-state index in [0.717, 1.165) is 23.4 Å². The van der Waals surface area contributed by atoms with Gasteiger partial charge in [-0.15, -0.1) is 0 Å². The zero-order chi connectivity index (χ0) is 19.9. The Hall–Kier alpha value is -2.82. The molecular formula is C24H29N3O. The first-order valence-electron chi connectivity index (χ1n) is 9.66. The third-order valence-electron chi connectivity index (χ3n) is 4.95. The normalized spacial score (nSPS) is 13.1. The number of aliphatic hydroxyl groups is 1. The van der Waals surface area contributed by atoms with Gasteiger partial charge in [0.2, 0.25) is 0 Å². The standard InChI is InChI=1S/C24H29N3O/c1-17-7-12-23(20(13-17)14-19-8-10-21(25)11-9-19)27-16-24(28)22(26)15-18-5-3-2-4-6-18/h2-13,22,24,27-28H,14-16,25-26H2,1H3/t22-,24+/m0/s1. The summed E-state index contributed by atoms with van der Waals surface area (Å²) in [6.07, 6.45) is 0.817. The zero-order valence-electron chi connectivity index (χ0n) is 16.3. The Bertz CT molecular complexity index is 878. The van der Waals surface area contributed by atoms with E-state index in [9.17, 15) is 5.11 Å². The molecule has 0 bridgehead atoms. The van der Waals surface area contributed by atoms with E-state index in [1.54, 1.807) is 0 Å². The molecule has 3 rings (SSSR count). The van der Waals surface area contributed by atoms with Crippen molar-refractivity contribution in [2.24, 2.45) is 5.73 Å². The van der Waals surface area contributed by atoms with Gasteiger partial charge in [0.25, 0.3) is 0 Å². The van der Waals surface area contributed by atoms with Gasteiger partial charge in [0.15, 0.2) is 0 Å². The molecular weight excluding hydrogens is 346 g/mol. The summed E-state index contributed by atoms with van der Waals surface area (Å²) in [6, 6.07) is 24.0. The number of hydrogen-bond donors (Lipinski definition) is 4. The van der Waals surface area contributed by atoms with Crippen molar-refractivity contribution in [3.63, 3.8) is 0 Å². The van der Waals surface area contributed by atoms with E-state index >= 15 is 0 Å². The van der Waals surface area contributed by atoms with Crippen LogP contribution in [0.3, 0.4) is 0 Å². The van der Waals surface area contributed by atoms with Gasteiger partial charge in [0.05, 0.1) is 6.10 Å². The SMILES string of the molecule is Cc1ccc(NC[C@@H](O)[C@@H](N)Cc2ccccc2)c(Cc2ccc(N)cc2)c1. The Labute approximate surface area is 167 Å². The maximum Gasteiger partial charge on any atom is 0.0866 e. The molecule has 0 amide bonds.